The molecule has 4 rings (SSSR count). The second-order valence-corrected chi connectivity index (χ2v) is 7.86. The Balaban J connectivity index is 1.78. The monoisotopic (exact) mass is 383 g/mol. The van der Waals surface area contributed by atoms with Gasteiger partial charge in [-0.2, -0.15) is 0 Å². The Bertz CT molecular complexity index is 908. The third-order valence-corrected chi connectivity index (χ3v) is 6.18. The van der Waals surface area contributed by atoms with E-state index >= 15 is 0 Å². The van der Waals surface area contributed by atoms with Gasteiger partial charge < -0.3 is 9.15 Å². The minimum Gasteiger partial charge on any atom is -0.469 e. The van der Waals surface area contributed by atoms with E-state index in [4.69, 9.17) is 14.1 Å². The lowest BCUT2D eigenvalue weighted by Gasteiger charge is -2.35. The van der Waals surface area contributed by atoms with E-state index < -0.39 is 5.92 Å². The Labute approximate surface area is 161 Å². The van der Waals surface area contributed by atoms with E-state index in [0.717, 1.165) is 16.3 Å². The fourth-order valence-electron chi connectivity index (χ4n) is 4.10. The lowest BCUT2D eigenvalue weighted by molar-refractivity contribution is -0.146. The Morgan fingerprint density at radius 3 is 2.85 bits per heavy atom. The highest BCUT2D eigenvalue weighted by atomic mass is 32.1. The fraction of sp³-hybridized carbons (Fsp3) is 0.381. The summed E-state index contributed by atoms with van der Waals surface area (Å²) in [6.45, 7) is 3.95. The summed E-state index contributed by atoms with van der Waals surface area (Å²) in [5, 5.41) is 1.97. The second kappa shape index (κ2) is 7.27. The summed E-state index contributed by atoms with van der Waals surface area (Å²) >= 11 is 1.56. The molecule has 27 heavy (non-hydrogen) atoms. The zero-order valence-corrected chi connectivity index (χ0v) is 16.1. The summed E-state index contributed by atoms with van der Waals surface area (Å²) in [5.74, 6) is -0.340. The third kappa shape index (κ3) is 3.18. The Morgan fingerprint density at radius 1 is 1.33 bits per heavy atom. The van der Waals surface area contributed by atoms with E-state index in [2.05, 4.69) is 0 Å². The molecule has 2 aromatic rings. The molecule has 6 heteroatoms. The zero-order valence-electron chi connectivity index (χ0n) is 15.3. The van der Waals surface area contributed by atoms with Gasteiger partial charge in [0.2, 0.25) is 0 Å². The SMILES string of the molecule is CCOC(=O)C1C(C)=NC2=C(C(=O)C[C@@H](c3ccco3)C2)[C@H]1c1cccs1. The molecule has 0 bridgehead atoms. The van der Waals surface area contributed by atoms with E-state index in [9.17, 15) is 9.59 Å². The molecule has 1 aliphatic heterocycles. The molecule has 2 aromatic heterocycles. The number of ether oxygens (including phenoxy) is 1. The summed E-state index contributed by atoms with van der Waals surface area (Å²) in [6, 6.07) is 7.67. The van der Waals surface area contributed by atoms with Crippen LogP contribution in [-0.2, 0) is 14.3 Å². The molecule has 1 aliphatic carbocycles. The van der Waals surface area contributed by atoms with Gasteiger partial charge in [-0.05, 0) is 37.4 Å². The van der Waals surface area contributed by atoms with Crippen LogP contribution in [0.1, 0.15) is 49.2 Å². The number of thiophene rings is 1. The number of carbonyl (C=O) groups is 2. The van der Waals surface area contributed by atoms with Gasteiger partial charge in [0.15, 0.2) is 5.78 Å². The number of allylic oxidation sites excluding steroid dienone is 2. The molecule has 0 saturated carbocycles. The molecule has 140 valence electrons. The zero-order chi connectivity index (χ0) is 19.0. The molecule has 0 saturated heterocycles. The van der Waals surface area contributed by atoms with Crippen LogP contribution in [0.3, 0.4) is 0 Å². The quantitative estimate of drug-likeness (QED) is 0.730. The van der Waals surface area contributed by atoms with E-state index in [1.165, 1.54) is 0 Å². The van der Waals surface area contributed by atoms with Gasteiger partial charge in [-0.25, -0.2) is 0 Å². The van der Waals surface area contributed by atoms with Crippen LogP contribution < -0.4 is 0 Å². The van der Waals surface area contributed by atoms with Crippen molar-refractivity contribution in [1.82, 2.24) is 0 Å². The molecule has 5 nitrogen and oxygen atoms in total. The minimum atomic E-state index is -0.550. The molecule has 0 N–H and O–H groups in total. The van der Waals surface area contributed by atoms with Gasteiger partial charge in [0.05, 0.1) is 12.9 Å². The van der Waals surface area contributed by atoms with Gasteiger partial charge in [0.25, 0.3) is 0 Å². The van der Waals surface area contributed by atoms with Crippen molar-refractivity contribution in [2.45, 2.75) is 38.5 Å². The number of furan rings is 1. The van der Waals surface area contributed by atoms with Crippen molar-refractivity contribution in [1.29, 1.82) is 0 Å². The molecule has 1 unspecified atom stereocenters. The van der Waals surface area contributed by atoms with Crippen molar-refractivity contribution < 1.29 is 18.7 Å². The number of carbonyl (C=O) groups excluding carboxylic acids is 2. The maximum absolute atomic E-state index is 13.2. The van der Waals surface area contributed by atoms with Crippen LogP contribution in [0.15, 0.2) is 56.6 Å². The van der Waals surface area contributed by atoms with Gasteiger partial charge in [0, 0.05) is 46.5 Å². The van der Waals surface area contributed by atoms with E-state index in [1.807, 2.05) is 36.6 Å². The number of nitrogens with zero attached hydrogens (tertiary/aromatic N) is 1. The average molecular weight is 383 g/mol. The Morgan fingerprint density at radius 2 is 2.19 bits per heavy atom. The van der Waals surface area contributed by atoms with Crippen molar-refractivity contribution >= 4 is 28.8 Å². The van der Waals surface area contributed by atoms with Crippen LogP contribution in [-0.4, -0.2) is 24.1 Å². The summed E-state index contributed by atoms with van der Waals surface area (Å²) in [7, 11) is 0. The number of hydrogen-bond donors (Lipinski definition) is 0. The van der Waals surface area contributed by atoms with Gasteiger partial charge >= 0.3 is 5.97 Å². The number of Topliss-reactive ketones (excluding diaryl/α,β-unsaturated/α-hetero) is 1. The van der Waals surface area contributed by atoms with Gasteiger partial charge in [-0.3, -0.25) is 14.6 Å². The fourth-order valence-corrected chi connectivity index (χ4v) is 4.97. The molecule has 2 aliphatic rings. The molecule has 0 fully saturated rings. The summed E-state index contributed by atoms with van der Waals surface area (Å²) in [5.41, 5.74) is 2.16. The topological polar surface area (TPSA) is 68.9 Å². The first kappa shape index (κ1) is 17.9. The number of esters is 1. The first-order valence-corrected chi connectivity index (χ1v) is 10.0. The smallest absolute Gasteiger partial charge is 0.315 e. The molecule has 3 heterocycles. The highest BCUT2D eigenvalue weighted by molar-refractivity contribution is 7.10. The van der Waals surface area contributed by atoms with Crippen molar-refractivity contribution in [3.63, 3.8) is 0 Å². The highest BCUT2D eigenvalue weighted by Gasteiger charge is 2.45. The van der Waals surface area contributed by atoms with Crippen LogP contribution in [0.25, 0.3) is 0 Å². The standard InChI is InChI=1S/C21H21NO4S/c1-3-25-21(24)18-12(2)22-14-10-13(16-6-4-8-26-16)11-15(23)19(14)20(18)17-7-5-9-27-17/h4-9,13,18,20H,3,10-11H2,1-2H3/t13-,18?,20-/m0/s1. The lowest BCUT2D eigenvalue weighted by Crippen LogP contribution is -2.37. The van der Waals surface area contributed by atoms with Crippen LogP contribution in [0.2, 0.25) is 0 Å². The molecule has 0 aromatic carbocycles. The number of rotatable bonds is 4. The first-order chi connectivity index (χ1) is 13.1. The summed E-state index contributed by atoms with van der Waals surface area (Å²) < 4.78 is 10.8. The number of hydrogen-bond acceptors (Lipinski definition) is 6. The molecule has 0 radical (unpaired) electrons. The lowest BCUT2D eigenvalue weighted by atomic mass is 9.72. The second-order valence-electron chi connectivity index (χ2n) is 6.88. The average Bonchev–Trinajstić information content (AvgIpc) is 3.34. The largest absolute Gasteiger partial charge is 0.469 e. The van der Waals surface area contributed by atoms with E-state index in [0.29, 0.717) is 30.7 Å². The van der Waals surface area contributed by atoms with Crippen LogP contribution in [0.5, 0.6) is 0 Å². The molecule has 3 atom stereocenters. The van der Waals surface area contributed by atoms with Crippen LogP contribution in [0, 0.1) is 5.92 Å². The predicted molar refractivity (Wildman–Crippen MR) is 103 cm³/mol. The molecular formula is C21H21NO4S. The maximum atomic E-state index is 13.2. The van der Waals surface area contributed by atoms with Gasteiger partial charge in [-0.15, -0.1) is 11.3 Å². The molecule has 0 amide bonds. The third-order valence-electron chi connectivity index (χ3n) is 5.22. The van der Waals surface area contributed by atoms with Crippen molar-refractivity contribution in [2.75, 3.05) is 6.61 Å². The van der Waals surface area contributed by atoms with Gasteiger partial charge in [-0.1, -0.05) is 6.07 Å². The molecular weight excluding hydrogens is 362 g/mol. The van der Waals surface area contributed by atoms with Crippen LogP contribution >= 0.6 is 11.3 Å². The van der Waals surface area contributed by atoms with Crippen molar-refractivity contribution in [3.05, 3.63) is 57.8 Å². The number of aliphatic imine (C=N–C) groups is 1. The first-order valence-electron chi connectivity index (χ1n) is 9.15. The Kier molecular flexibility index (Phi) is 4.83. The van der Waals surface area contributed by atoms with Crippen molar-refractivity contribution in [2.24, 2.45) is 10.9 Å². The number of ketones is 1. The predicted octanol–water partition coefficient (Wildman–Crippen LogP) is 4.48. The highest BCUT2D eigenvalue weighted by Crippen LogP contribution is 2.47. The van der Waals surface area contributed by atoms with Gasteiger partial charge in [0.1, 0.15) is 11.7 Å². The molecule has 0 spiro atoms. The maximum Gasteiger partial charge on any atom is 0.315 e. The normalized spacial score (nSPS) is 25.2. The minimum absolute atomic E-state index is 0.00840. The van der Waals surface area contributed by atoms with Crippen LogP contribution in [0.4, 0.5) is 0 Å². The Hall–Kier alpha value is -2.47. The summed E-state index contributed by atoms with van der Waals surface area (Å²) in [4.78, 5) is 31.6. The van der Waals surface area contributed by atoms with Crippen molar-refractivity contribution in [3.8, 4) is 0 Å². The summed E-state index contributed by atoms with van der Waals surface area (Å²) in [6.07, 6.45) is 2.64. The van der Waals surface area contributed by atoms with E-state index in [1.54, 1.807) is 24.5 Å². The van der Waals surface area contributed by atoms with E-state index in [-0.39, 0.29) is 23.6 Å².